The maximum absolute atomic E-state index is 5.11. The first-order chi connectivity index (χ1) is 3.83. The number of ether oxygens (including phenoxy) is 1. The van der Waals surface area contributed by atoms with Crippen LogP contribution in [0.3, 0.4) is 0 Å². The molecular weight excluding hydrogens is 102 g/mol. The summed E-state index contributed by atoms with van der Waals surface area (Å²) >= 11 is 0. The van der Waals surface area contributed by atoms with Crippen LogP contribution in [-0.2, 0) is 4.74 Å². The van der Waals surface area contributed by atoms with Crippen LogP contribution in [0.1, 0.15) is 6.42 Å². The average molecular weight is 113 g/mol. The van der Waals surface area contributed by atoms with Crippen LogP contribution >= 0.6 is 0 Å². The summed E-state index contributed by atoms with van der Waals surface area (Å²) in [6.45, 7) is 3.22. The Morgan fingerprint density at radius 2 is 2.25 bits per heavy atom. The van der Waals surface area contributed by atoms with Crippen LogP contribution in [0.25, 0.3) is 0 Å². The van der Waals surface area contributed by atoms with Gasteiger partial charge in [0.05, 0.1) is 18.8 Å². The number of likely N-dealkylation sites (tertiary alicyclic amines) is 1. The van der Waals surface area contributed by atoms with E-state index in [0.717, 1.165) is 13.2 Å². The highest BCUT2D eigenvalue weighted by Gasteiger charge is 2.48. The van der Waals surface area contributed by atoms with E-state index in [1.54, 1.807) is 0 Å². The minimum atomic E-state index is 0.514. The quantitative estimate of drug-likeness (QED) is 0.441. The molecule has 0 atom stereocenters. The smallest absolute Gasteiger partial charge is 0.0688 e. The molecule has 8 heavy (non-hydrogen) atoms. The molecule has 2 fully saturated rings. The largest absolute Gasteiger partial charge is 0.377 e. The van der Waals surface area contributed by atoms with Gasteiger partial charge in [-0.1, -0.05) is 0 Å². The van der Waals surface area contributed by atoms with Crippen molar-refractivity contribution in [3.63, 3.8) is 0 Å². The van der Waals surface area contributed by atoms with Gasteiger partial charge in [-0.25, -0.2) is 0 Å². The number of rotatable bonds is 0. The molecule has 0 aromatic heterocycles. The van der Waals surface area contributed by atoms with Gasteiger partial charge in [0.15, 0.2) is 0 Å². The van der Waals surface area contributed by atoms with Crippen molar-refractivity contribution in [3.05, 3.63) is 0 Å². The van der Waals surface area contributed by atoms with Crippen LogP contribution in [0.2, 0.25) is 0 Å². The zero-order valence-electron chi connectivity index (χ0n) is 5.18. The third kappa shape index (κ3) is 0.361. The van der Waals surface area contributed by atoms with Crippen molar-refractivity contribution in [2.45, 2.75) is 12.0 Å². The summed E-state index contributed by atoms with van der Waals surface area (Å²) in [4.78, 5) is 2.39. The van der Waals surface area contributed by atoms with E-state index in [2.05, 4.69) is 11.9 Å². The van der Waals surface area contributed by atoms with Crippen molar-refractivity contribution in [2.24, 2.45) is 0 Å². The molecule has 2 nitrogen and oxygen atoms in total. The molecule has 2 heteroatoms. The van der Waals surface area contributed by atoms with Crippen molar-refractivity contribution in [1.29, 1.82) is 0 Å². The maximum atomic E-state index is 5.11. The minimum Gasteiger partial charge on any atom is -0.377 e. The van der Waals surface area contributed by atoms with Crippen LogP contribution in [0.5, 0.6) is 0 Å². The summed E-state index contributed by atoms with van der Waals surface area (Å²) in [6, 6.07) is 0. The molecule has 0 aromatic carbocycles. The Labute approximate surface area is 49.4 Å². The van der Waals surface area contributed by atoms with Crippen LogP contribution < -0.4 is 0 Å². The zero-order chi connectivity index (χ0) is 5.61. The van der Waals surface area contributed by atoms with Gasteiger partial charge in [-0.3, -0.25) is 4.90 Å². The predicted molar refractivity (Wildman–Crippen MR) is 30.8 cm³/mol. The number of nitrogens with zero attached hydrogens (tertiary/aromatic N) is 1. The van der Waals surface area contributed by atoms with Crippen molar-refractivity contribution in [3.8, 4) is 0 Å². The van der Waals surface area contributed by atoms with Gasteiger partial charge in [-0.2, -0.15) is 0 Å². The van der Waals surface area contributed by atoms with E-state index in [9.17, 15) is 0 Å². The fourth-order valence-electron chi connectivity index (χ4n) is 1.35. The van der Waals surface area contributed by atoms with Gasteiger partial charge in [-0.05, 0) is 13.5 Å². The Hall–Kier alpha value is -0.0800. The zero-order valence-corrected chi connectivity index (χ0v) is 5.18. The van der Waals surface area contributed by atoms with E-state index < -0.39 is 0 Å². The molecule has 0 radical (unpaired) electrons. The molecule has 0 unspecified atom stereocenters. The lowest BCUT2D eigenvalue weighted by atomic mass is 9.84. The minimum absolute atomic E-state index is 0.514. The van der Waals surface area contributed by atoms with Crippen molar-refractivity contribution >= 4 is 0 Å². The molecule has 0 bridgehead atoms. The Bertz CT molecular complexity index is 104. The summed E-state index contributed by atoms with van der Waals surface area (Å²) in [7, 11) is 2.17. The Kier molecular flexibility index (Phi) is 0.746. The van der Waals surface area contributed by atoms with Crippen LogP contribution in [-0.4, -0.2) is 37.2 Å². The van der Waals surface area contributed by atoms with E-state index in [1.165, 1.54) is 13.0 Å². The van der Waals surface area contributed by atoms with Gasteiger partial charge < -0.3 is 4.74 Å². The average Bonchev–Trinajstić information content (AvgIpc) is 1.58. The monoisotopic (exact) mass is 113 g/mol. The Balaban J connectivity index is 2.03. The number of hydrogen-bond acceptors (Lipinski definition) is 2. The highest BCUT2D eigenvalue weighted by molar-refractivity contribution is 5.02. The first-order valence-electron chi connectivity index (χ1n) is 3.13. The highest BCUT2D eigenvalue weighted by Crippen LogP contribution is 2.35. The van der Waals surface area contributed by atoms with Crippen LogP contribution in [0.4, 0.5) is 0 Å². The summed E-state index contributed by atoms with van der Waals surface area (Å²) in [5, 5.41) is 0. The first-order valence-corrected chi connectivity index (χ1v) is 3.13. The van der Waals surface area contributed by atoms with Gasteiger partial charge in [-0.15, -0.1) is 0 Å². The summed E-state index contributed by atoms with van der Waals surface area (Å²) in [5.74, 6) is 0. The molecule has 2 aliphatic rings. The van der Waals surface area contributed by atoms with Crippen LogP contribution in [0, 0.1) is 0 Å². The lowest BCUT2D eigenvalue weighted by Gasteiger charge is -2.56. The van der Waals surface area contributed by atoms with E-state index in [0.29, 0.717) is 5.54 Å². The summed E-state index contributed by atoms with van der Waals surface area (Å²) < 4.78 is 5.11. The van der Waals surface area contributed by atoms with E-state index >= 15 is 0 Å². The lowest BCUT2D eigenvalue weighted by molar-refractivity contribution is -0.182. The van der Waals surface area contributed by atoms with Gasteiger partial charge >= 0.3 is 0 Å². The molecule has 0 N–H and O–H groups in total. The molecule has 2 saturated heterocycles. The normalized spacial score (nSPS) is 34.1. The van der Waals surface area contributed by atoms with E-state index in [-0.39, 0.29) is 0 Å². The molecule has 0 saturated carbocycles. The molecule has 1 spiro atoms. The van der Waals surface area contributed by atoms with Gasteiger partial charge in [0, 0.05) is 6.54 Å². The number of hydrogen-bond donors (Lipinski definition) is 0. The van der Waals surface area contributed by atoms with Gasteiger partial charge in [0.2, 0.25) is 0 Å². The predicted octanol–water partition coefficient (Wildman–Crippen LogP) is 0.0909. The lowest BCUT2D eigenvalue weighted by Crippen LogP contribution is -2.69. The SMILES string of the molecule is CN1CCC12COC2. The van der Waals surface area contributed by atoms with E-state index in [4.69, 9.17) is 4.74 Å². The fourth-order valence-corrected chi connectivity index (χ4v) is 1.35. The van der Waals surface area contributed by atoms with Gasteiger partial charge in [0.25, 0.3) is 0 Å². The Morgan fingerprint density at radius 3 is 2.25 bits per heavy atom. The molecule has 2 aliphatic heterocycles. The van der Waals surface area contributed by atoms with Crippen LogP contribution in [0.15, 0.2) is 0 Å². The third-order valence-electron chi connectivity index (χ3n) is 2.46. The molecule has 0 amide bonds. The molecule has 46 valence electrons. The molecule has 2 heterocycles. The second-order valence-corrected chi connectivity index (χ2v) is 2.89. The second-order valence-electron chi connectivity index (χ2n) is 2.89. The maximum Gasteiger partial charge on any atom is 0.0688 e. The molecule has 0 aromatic rings. The van der Waals surface area contributed by atoms with E-state index in [1.807, 2.05) is 0 Å². The highest BCUT2D eigenvalue weighted by atomic mass is 16.5. The second kappa shape index (κ2) is 1.25. The molecular formula is C6H11NO. The molecule has 2 rings (SSSR count). The Morgan fingerprint density at radius 1 is 1.50 bits per heavy atom. The molecule has 0 aliphatic carbocycles. The third-order valence-corrected chi connectivity index (χ3v) is 2.46. The topological polar surface area (TPSA) is 12.5 Å². The summed E-state index contributed by atoms with van der Waals surface area (Å²) in [5.41, 5.74) is 0.514. The van der Waals surface area contributed by atoms with Gasteiger partial charge in [0.1, 0.15) is 0 Å². The van der Waals surface area contributed by atoms with Crippen molar-refractivity contribution < 1.29 is 4.74 Å². The standard InChI is InChI=1S/C6H11NO/c1-7-3-2-6(7)4-8-5-6/h2-5H2,1H3. The first kappa shape index (κ1) is 4.77. The van der Waals surface area contributed by atoms with Crippen molar-refractivity contribution in [2.75, 3.05) is 26.8 Å². The summed E-state index contributed by atoms with van der Waals surface area (Å²) in [6.07, 6.45) is 1.35. The van der Waals surface area contributed by atoms with Crippen molar-refractivity contribution in [1.82, 2.24) is 4.90 Å². The fraction of sp³-hybridized carbons (Fsp3) is 1.00. The number of likely N-dealkylation sites (N-methyl/N-ethyl adjacent to an activating group) is 1.